The number of carbonyl (C=O) groups excluding carboxylic acids is 1. The van der Waals surface area contributed by atoms with Crippen LogP contribution >= 0.6 is 0 Å². The molecule has 1 aliphatic heterocycles. The maximum Gasteiger partial charge on any atom is 0.320 e. The number of hydrogen-bond acceptors (Lipinski definition) is 3. The molecule has 0 aromatic carbocycles. The van der Waals surface area contributed by atoms with Gasteiger partial charge in [0.15, 0.2) is 0 Å². The Kier molecular flexibility index (Phi) is 5.61. The standard InChI is InChI=1S/C13H21N3O3/c1-10(2)16(8-4-6-14)13(19)15-7-3-5-11(9-15)12(17)18/h10-11H,3-5,7-9H2,1-2H3,(H,17,18)/t11-/m0/s1. The molecule has 1 fully saturated rings. The number of carboxylic acids is 1. The van der Waals surface area contributed by atoms with Gasteiger partial charge in [-0.2, -0.15) is 5.26 Å². The second kappa shape index (κ2) is 6.98. The van der Waals surface area contributed by atoms with Gasteiger partial charge >= 0.3 is 12.0 Å². The molecular weight excluding hydrogens is 246 g/mol. The van der Waals surface area contributed by atoms with Gasteiger partial charge in [0.1, 0.15) is 0 Å². The quantitative estimate of drug-likeness (QED) is 0.837. The molecule has 6 nitrogen and oxygen atoms in total. The molecule has 6 heteroatoms. The molecule has 1 heterocycles. The zero-order valence-corrected chi connectivity index (χ0v) is 11.5. The fraction of sp³-hybridized carbons (Fsp3) is 0.769. The van der Waals surface area contributed by atoms with Crippen LogP contribution in [0.2, 0.25) is 0 Å². The Morgan fingerprint density at radius 3 is 2.74 bits per heavy atom. The number of likely N-dealkylation sites (tertiary alicyclic amines) is 1. The molecule has 1 aliphatic rings. The van der Waals surface area contributed by atoms with Crippen molar-refractivity contribution in [2.24, 2.45) is 5.92 Å². The number of rotatable bonds is 4. The summed E-state index contributed by atoms with van der Waals surface area (Å²) in [6.45, 7) is 5.05. The third kappa shape index (κ3) is 4.12. The summed E-state index contributed by atoms with van der Waals surface area (Å²) in [5.41, 5.74) is 0. The van der Waals surface area contributed by atoms with Crippen LogP contribution in [0, 0.1) is 17.2 Å². The van der Waals surface area contributed by atoms with Crippen LogP contribution in [0.1, 0.15) is 33.1 Å². The Morgan fingerprint density at radius 2 is 2.21 bits per heavy atom. The van der Waals surface area contributed by atoms with Gasteiger partial charge in [-0.15, -0.1) is 0 Å². The molecule has 1 saturated heterocycles. The maximum atomic E-state index is 12.4. The summed E-state index contributed by atoms with van der Waals surface area (Å²) in [4.78, 5) is 26.6. The number of piperidine rings is 1. The molecule has 106 valence electrons. The van der Waals surface area contributed by atoms with Gasteiger partial charge in [-0.3, -0.25) is 4.79 Å². The SMILES string of the molecule is CC(C)N(CCC#N)C(=O)N1CCC[C@H](C(=O)O)C1. The average Bonchev–Trinajstić information content (AvgIpc) is 2.38. The van der Waals surface area contributed by atoms with Crippen molar-refractivity contribution in [3.05, 3.63) is 0 Å². The number of amides is 2. The number of aliphatic carboxylic acids is 1. The van der Waals surface area contributed by atoms with Gasteiger partial charge < -0.3 is 14.9 Å². The van der Waals surface area contributed by atoms with E-state index in [1.54, 1.807) is 9.80 Å². The first-order valence-corrected chi connectivity index (χ1v) is 6.62. The lowest BCUT2D eigenvalue weighted by Gasteiger charge is -2.36. The first-order chi connectivity index (χ1) is 8.97. The molecule has 1 rings (SSSR count). The van der Waals surface area contributed by atoms with Crippen molar-refractivity contribution in [3.8, 4) is 6.07 Å². The minimum absolute atomic E-state index is 0.00561. The molecule has 1 N–H and O–H groups in total. The van der Waals surface area contributed by atoms with Gasteiger partial charge in [0.25, 0.3) is 0 Å². The van der Waals surface area contributed by atoms with Crippen LogP contribution in [0.15, 0.2) is 0 Å². The molecule has 19 heavy (non-hydrogen) atoms. The van der Waals surface area contributed by atoms with Crippen LogP contribution in [0.4, 0.5) is 4.79 Å². The Labute approximate surface area is 113 Å². The predicted molar refractivity (Wildman–Crippen MR) is 69.4 cm³/mol. The van der Waals surface area contributed by atoms with Gasteiger partial charge in [0, 0.05) is 25.7 Å². The summed E-state index contributed by atoms with van der Waals surface area (Å²) >= 11 is 0. The van der Waals surface area contributed by atoms with Crippen molar-refractivity contribution in [2.75, 3.05) is 19.6 Å². The van der Waals surface area contributed by atoms with E-state index in [4.69, 9.17) is 10.4 Å². The summed E-state index contributed by atoms with van der Waals surface area (Å²) < 4.78 is 0. The van der Waals surface area contributed by atoms with Crippen LogP contribution < -0.4 is 0 Å². The van der Waals surface area contributed by atoms with Crippen molar-refractivity contribution in [1.29, 1.82) is 5.26 Å². The topological polar surface area (TPSA) is 84.6 Å². The first-order valence-electron chi connectivity index (χ1n) is 6.62. The molecule has 0 radical (unpaired) electrons. The van der Waals surface area contributed by atoms with Crippen molar-refractivity contribution >= 4 is 12.0 Å². The Hall–Kier alpha value is -1.77. The number of carboxylic acid groups (broad SMARTS) is 1. The fourth-order valence-electron chi connectivity index (χ4n) is 2.28. The maximum absolute atomic E-state index is 12.4. The number of urea groups is 1. The van der Waals surface area contributed by atoms with Crippen LogP contribution in [0.3, 0.4) is 0 Å². The Balaban J connectivity index is 2.68. The molecule has 0 spiro atoms. The van der Waals surface area contributed by atoms with Crippen LogP contribution in [0.5, 0.6) is 0 Å². The number of carbonyl (C=O) groups is 2. The van der Waals surface area contributed by atoms with E-state index in [1.165, 1.54) is 0 Å². The molecule has 2 amide bonds. The summed E-state index contributed by atoms with van der Waals surface area (Å²) in [7, 11) is 0. The Bertz CT molecular complexity index is 376. The van der Waals surface area contributed by atoms with Gasteiger partial charge in [-0.25, -0.2) is 4.79 Å². The van der Waals surface area contributed by atoms with E-state index >= 15 is 0 Å². The fourth-order valence-corrected chi connectivity index (χ4v) is 2.28. The van der Waals surface area contributed by atoms with Gasteiger partial charge in [-0.1, -0.05) is 0 Å². The molecule has 0 aliphatic carbocycles. The highest BCUT2D eigenvalue weighted by Gasteiger charge is 2.31. The van der Waals surface area contributed by atoms with Crippen LogP contribution in [0.25, 0.3) is 0 Å². The molecular formula is C13H21N3O3. The third-order valence-corrected chi connectivity index (χ3v) is 3.37. The van der Waals surface area contributed by atoms with E-state index < -0.39 is 11.9 Å². The summed E-state index contributed by atoms with van der Waals surface area (Å²) in [5.74, 6) is -1.31. The normalized spacial score (nSPS) is 19.1. The van der Waals surface area contributed by atoms with Gasteiger partial charge in [0.2, 0.25) is 0 Å². The van der Waals surface area contributed by atoms with Crippen LogP contribution in [-0.2, 0) is 4.79 Å². The van der Waals surface area contributed by atoms with E-state index in [0.717, 1.165) is 0 Å². The second-order valence-corrected chi connectivity index (χ2v) is 5.10. The Morgan fingerprint density at radius 1 is 1.53 bits per heavy atom. The van der Waals surface area contributed by atoms with Gasteiger partial charge in [0.05, 0.1) is 18.4 Å². The second-order valence-electron chi connectivity index (χ2n) is 5.10. The van der Waals surface area contributed by atoms with E-state index in [-0.39, 0.29) is 18.6 Å². The number of nitrogens with zero attached hydrogens (tertiary/aromatic N) is 3. The van der Waals surface area contributed by atoms with E-state index in [9.17, 15) is 9.59 Å². The largest absolute Gasteiger partial charge is 0.481 e. The molecule has 1 atom stereocenters. The lowest BCUT2D eigenvalue weighted by atomic mass is 9.98. The van der Waals surface area contributed by atoms with Crippen molar-refractivity contribution in [2.45, 2.75) is 39.2 Å². The molecule has 0 aromatic heterocycles. The minimum atomic E-state index is -0.842. The van der Waals surface area contributed by atoms with Crippen molar-refractivity contribution in [3.63, 3.8) is 0 Å². The highest BCUT2D eigenvalue weighted by atomic mass is 16.4. The number of hydrogen-bond donors (Lipinski definition) is 1. The van der Waals surface area contributed by atoms with E-state index in [1.807, 2.05) is 19.9 Å². The molecule has 0 bridgehead atoms. The molecule has 0 aromatic rings. The summed E-state index contributed by atoms with van der Waals surface area (Å²) in [5, 5.41) is 17.7. The first kappa shape index (κ1) is 15.3. The molecule has 0 unspecified atom stereocenters. The predicted octanol–water partition coefficient (Wildman–Crippen LogP) is 1.53. The lowest BCUT2D eigenvalue weighted by Crippen LogP contribution is -2.51. The van der Waals surface area contributed by atoms with Crippen LogP contribution in [-0.4, -0.2) is 52.6 Å². The average molecular weight is 267 g/mol. The lowest BCUT2D eigenvalue weighted by molar-refractivity contribution is -0.143. The zero-order valence-electron chi connectivity index (χ0n) is 11.5. The van der Waals surface area contributed by atoms with E-state index in [0.29, 0.717) is 32.4 Å². The number of nitriles is 1. The monoisotopic (exact) mass is 267 g/mol. The van der Waals surface area contributed by atoms with Crippen molar-refractivity contribution in [1.82, 2.24) is 9.80 Å². The van der Waals surface area contributed by atoms with Crippen molar-refractivity contribution < 1.29 is 14.7 Å². The summed E-state index contributed by atoms with van der Waals surface area (Å²) in [6.07, 6.45) is 1.63. The molecule has 0 saturated carbocycles. The zero-order chi connectivity index (χ0) is 14.4. The third-order valence-electron chi connectivity index (χ3n) is 3.37. The summed E-state index contributed by atoms with van der Waals surface area (Å²) in [6, 6.07) is 1.88. The van der Waals surface area contributed by atoms with E-state index in [2.05, 4.69) is 0 Å². The highest BCUT2D eigenvalue weighted by Crippen LogP contribution is 2.18. The smallest absolute Gasteiger partial charge is 0.320 e. The van der Waals surface area contributed by atoms with Gasteiger partial charge in [-0.05, 0) is 26.7 Å². The minimum Gasteiger partial charge on any atom is -0.481 e. The highest BCUT2D eigenvalue weighted by molar-refractivity contribution is 5.77.